The Bertz CT molecular complexity index is 441. The van der Waals surface area contributed by atoms with E-state index in [1.807, 2.05) is 0 Å². The van der Waals surface area contributed by atoms with Crippen LogP contribution in [0.1, 0.15) is 30.8 Å². The van der Waals surface area contributed by atoms with E-state index in [1.54, 1.807) is 0 Å². The standard InChI is InChI=1S/C13H18N2/c1-8(2)5-13-14-11-6-9(3)10(4)7-12(11)15-13/h6-8H,5H2,1-4H3,(H,14,15). The van der Waals surface area contributed by atoms with Crippen molar-refractivity contribution < 1.29 is 0 Å². The Morgan fingerprint density at radius 1 is 1.20 bits per heavy atom. The Morgan fingerprint density at radius 3 is 2.53 bits per heavy atom. The van der Waals surface area contributed by atoms with Crippen LogP contribution in [0.4, 0.5) is 0 Å². The van der Waals surface area contributed by atoms with E-state index in [4.69, 9.17) is 0 Å². The van der Waals surface area contributed by atoms with E-state index in [0.29, 0.717) is 5.92 Å². The zero-order chi connectivity index (χ0) is 11.0. The summed E-state index contributed by atoms with van der Waals surface area (Å²) in [4.78, 5) is 7.98. The fourth-order valence-electron chi connectivity index (χ4n) is 1.81. The van der Waals surface area contributed by atoms with Crippen LogP contribution in [0.3, 0.4) is 0 Å². The summed E-state index contributed by atoms with van der Waals surface area (Å²) in [5.41, 5.74) is 4.88. The first-order valence-corrected chi connectivity index (χ1v) is 5.52. The first kappa shape index (κ1) is 10.2. The lowest BCUT2D eigenvalue weighted by molar-refractivity contribution is 0.627. The molecule has 0 amide bonds. The van der Waals surface area contributed by atoms with E-state index >= 15 is 0 Å². The lowest BCUT2D eigenvalue weighted by Crippen LogP contribution is -1.95. The molecule has 0 radical (unpaired) electrons. The van der Waals surface area contributed by atoms with Crippen LogP contribution in [0, 0.1) is 19.8 Å². The maximum Gasteiger partial charge on any atom is 0.107 e. The topological polar surface area (TPSA) is 28.7 Å². The van der Waals surface area contributed by atoms with Gasteiger partial charge in [0, 0.05) is 6.42 Å². The van der Waals surface area contributed by atoms with Crippen LogP contribution in [0.25, 0.3) is 11.0 Å². The highest BCUT2D eigenvalue weighted by Gasteiger charge is 2.05. The predicted octanol–water partition coefficient (Wildman–Crippen LogP) is 3.38. The number of rotatable bonds is 2. The first-order chi connectivity index (χ1) is 7.06. The first-order valence-electron chi connectivity index (χ1n) is 5.52. The second kappa shape index (κ2) is 3.69. The van der Waals surface area contributed by atoms with Crippen molar-refractivity contribution in [3.63, 3.8) is 0 Å². The van der Waals surface area contributed by atoms with Gasteiger partial charge in [-0.3, -0.25) is 0 Å². The largest absolute Gasteiger partial charge is 0.342 e. The molecule has 0 spiro atoms. The van der Waals surface area contributed by atoms with Crippen molar-refractivity contribution >= 4 is 11.0 Å². The lowest BCUT2D eigenvalue weighted by atomic mass is 10.1. The lowest BCUT2D eigenvalue weighted by Gasteiger charge is -1.98. The fourth-order valence-corrected chi connectivity index (χ4v) is 1.81. The number of nitrogens with one attached hydrogen (secondary N) is 1. The summed E-state index contributed by atoms with van der Waals surface area (Å²) in [7, 11) is 0. The SMILES string of the molecule is Cc1cc2nc(CC(C)C)[nH]c2cc1C. The quantitative estimate of drug-likeness (QED) is 0.794. The summed E-state index contributed by atoms with van der Waals surface area (Å²) in [6, 6.07) is 4.34. The molecule has 0 saturated heterocycles. The van der Waals surface area contributed by atoms with Crippen LogP contribution in [0.5, 0.6) is 0 Å². The second-order valence-electron chi connectivity index (χ2n) is 4.74. The minimum Gasteiger partial charge on any atom is -0.342 e. The third kappa shape index (κ3) is 2.04. The number of hydrogen-bond donors (Lipinski definition) is 1. The van der Waals surface area contributed by atoms with Gasteiger partial charge in [0.1, 0.15) is 5.82 Å². The Hall–Kier alpha value is -1.31. The van der Waals surface area contributed by atoms with Gasteiger partial charge >= 0.3 is 0 Å². The number of fused-ring (bicyclic) bond motifs is 1. The molecule has 2 heteroatoms. The van der Waals surface area contributed by atoms with E-state index in [1.165, 1.54) is 11.1 Å². The number of aryl methyl sites for hydroxylation is 2. The Kier molecular flexibility index (Phi) is 2.51. The van der Waals surface area contributed by atoms with Crippen LogP contribution >= 0.6 is 0 Å². The maximum atomic E-state index is 4.60. The highest BCUT2D eigenvalue weighted by Crippen LogP contribution is 2.18. The molecule has 0 aliphatic heterocycles. The molecule has 0 aliphatic carbocycles. The number of aromatic amines is 1. The molecule has 1 heterocycles. The molecule has 2 nitrogen and oxygen atoms in total. The molecule has 0 unspecified atom stereocenters. The summed E-state index contributed by atoms with van der Waals surface area (Å²) < 4.78 is 0. The molecule has 0 bridgehead atoms. The third-order valence-electron chi connectivity index (χ3n) is 2.75. The summed E-state index contributed by atoms with van der Waals surface area (Å²) >= 11 is 0. The number of H-pyrrole nitrogens is 1. The highest BCUT2D eigenvalue weighted by molar-refractivity contribution is 5.77. The van der Waals surface area contributed by atoms with Gasteiger partial charge in [-0.25, -0.2) is 4.98 Å². The second-order valence-corrected chi connectivity index (χ2v) is 4.74. The summed E-state index contributed by atoms with van der Waals surface area (Å²) in [6.45, 7) is 8.69. The van der Waals surface area contributed by atoms with Crippen molar-refractivity contribution in [1.82, 2.24) is 9.97 Å². The maximum absolute atomic E-state index is 4.60. The molecule has 2 rings (SSSR count). The van der Waals surface area contributed by atoms with Gasteiger partial charge < -0.3 is 4.98 Å². The number of benzene rings is 1. The minimum absolute atomic E-state index is 0.646. The van der Waals surface area contributed by atoms with Gasteiger partial charge in [0.2, 0.25) is 0 Å². The molecule has 1 aromatic carbocycles. The summed E-state index contributed by atoms with van der Waals surface area (Å²) in [5, 5.41) is 0. The number of nitrogens with zero attached hydrogens (tertiary/aromatic N) is 1. The molecule has 0 saturated carbocycles. The van der Waals surface area contributed by atoms with Crippen molar-refractivity contribution in [3.8, 4) is 0 Å². The third-order valence-corrected chi connectivity index (χ3v) is 2.75. The van der Waals surface area contributed by atoms with Gasteiger partial charge in [0.25, 0.3) is 0 Å². The zero-order valence-corrected chi connectivity index (χ0v) is 9.89. The van der Waals surface area contributed by atoms with Crippen molar-refractivity contribution in [2.45, 2.75) is 34.1 Å². The molecule has 0 atom stereocenters. The monoisotopic (exact) mass is 202 g/mol. The van der Waals surface area contributed by atoms with Crippen molar-refractivity contribution in [2.75, 3.05) is 0 Å². The van der Waals surface area contributed by atoms with Gasteiger partial charge in [0.05, 0.1) is 11.0 Å². The zero-order valence-electron chi connectivity index (χ0n) is 9.89. The molecular weight excluding hydrogens is 184 g/mol. The van der Waals surface area contributed by atoms with Gasteiger partial charge in [-0.15, -0.1) is 0 Å². The van der Waals surface area contributed by atoms with Crippen LogP contribution < -0.4 is 0 Å². The number of imidazole rings is 1. The molecule has 0 aliphatic rings. The molecular formula is C13H18N2. The van der Waals surface area contributed by atoms with Crippen LogP contribution in [-0.2, 0) is 6.42 Å². The van der Waals surface area contributed by atoms with Crippen molar-refractivity contribution in [3.05, 3.63) is 29.1 Å². The molecule has 80 valence electrons. The van der Waals surface area contributed by atoms with Gasteiger partial charge in [0.15, 0.2) is 0 Å². The molecule has 15 heavy (non-hydrogen) atoms. The average molecular weight is 202 g/mol. The Morgan fingerprint density at radius 2 is 1.87 bits per heavy atom. The van der Waals surface area contributed by atoms with Crippen LogP contribution in [-0.4, -0.2) is 9.97 Å². The normalized spacial score (nSPS) is 11.5. The Balaban J connectivity index is 2.47. The Labute approximate surface area is 90.7 Å². The highest BCUT2D eigenvalue weighted by atomic mass is 14.9. The molecule has 1 aromatic heterocycles. The van der Waals surface area contributed by atoms with E-state index in [-0.39, 0.29) is 0 Å². The van der Waals surface area contributed by atoms with E-state index in [0.717, 1.165) is 23.3 Å². The average Bonchev–Trinajstić information content (AvgIpc) is 2.46. The van der Waals surface area contributed by atoms with Gasteiger partial charge in [-0.2, -0.15) is 0 Å². The smallest absolute Gasteiger partial charge is 0.107 e. The molecule has 1 N–H and O–H groups in total. The predicted molar refractivity (Wildman–Crippen MR) is 64.1 cm³/mol. The molecule has 0 fully saturated rings. The van der Waals surface area contributed by atoms with E-state index < -0.39 is 0 Å². The number of aromatic nitrogens is 2. The van der Waals surface area contributed by atoms with Crippen molar-refractivity contribution in [2.24, 2.45) is 5.92 Å². The van der Waals surface area contributed by atoms with Gasteiger partial charge in [-0.1, -0.05) is 13.8 Å². The number of hydrogen-bond acceptors (Lipinski definition) is 1. The van der Waals surface area contributed by atoms with Crippen molar-refractivity contribution in [1.29, 1.82) is 0 Å². The van der Waals surface area contributed by atoms with E-state index in [9.17, 15) is 0 Å². The van der Waals surface area contributed by atoms with E-state index in [2.05, 4.69) is 49.8 Å². The van der Waals surface area contributed by atoms with Crippen LogP contribution in [0.2, 0.25) is 0 Å². The fraction of sp³-hybridized carbons (Fsp3) is 0.462. The van der Waals surface area contributed by atoms with Crippen LogP contribution in [0.15, 0.2) is 12.1 Å². The molecule has 2 aromatic rings. The summed E-state index contributed by atoms with van der Waals surface area (Å²) in [5.74, 6) is 1.75. The minimum atomic E-state index is 0.646. The van der Waals surface area contributed by atoms with Gasteiger partial charge in [-0.05, 0) is 43.0 Å². The summed E-state index contributed by atoms with van der Waals surface area (Å²) in [6.07, 6.45) is 1.02.